The third kappa shape index (κ3) is 56.4. The molecule has 0 spiro atoms. The van der Waals surface area contributed by atoms with E-state index in [4.69, 9.17) is 157 Å². The molecule has 8 aliphatic rings. The fraction of sp³-hybridized carbons (Fsp3) is 1.00. The van der Waals surface area contributed by atoms with Crippen molar-refractivity contribution in [3.8, 4) is 0 Å². The zero-order valence-corrected chi connectivity index (χ0v) is 91.4. The van der Waals surface area contributed by atoms with Crippen LogP contribution in [0.2, 0.25) is 57.4 Å². The second kappa shape index (κ2) is 74.9. The highest BCUT2D eigenvalue weighted by molar-refractivity contribution is 6.68. The predicted octanol–water partition coefficient (Wildman–Crippen LogP) is 4.01. The lowest BCUT2D eigenvalue weighted by Crippen LogP contribution is -2.50. The zero-order chi connectivity index (χ0) is 99.0. The van der Waals surface area contributed by atoms with E-state index in [0.29, 0.717) is 255 Å². The Hall–Kier alpha value is 0.0551. The number of ether oxygens (including phenoxy) is 12. The van der Waals surface area contributed by atoms with Crippen LogP contribution in [0.3, 0.4) is 0 Å². The second-order valence-corrected chi connectivity index (χ2v) is 60.5. The maximum absolute atomic E-state index is 10.3. The first-order chi connectivity index (χ1) is 62.6. The molecule has 8 fully saturated rings. The van der Waals surface area contributed by atoms with Gasteiger partial charge in [-0.1, -0.05) is 111 Å². The first-order valence-electron chi connectivity index (χ1n) is 47.3. The van der Waals surface area contributed by atoms with Crippen molar-refractivity contribution in [1.29, 1.82) is 0 Å². The van der Waals surface area contributed by atoms with Gasteiger partial charge in [0, 0.05) is 72.9 Å². The molecule has 0 saturated carbocycles. The molecular weight excluding hydrogens is 1880 g/mol. The highest BCUT2D eigenvalue weighted by atomic mass is 28.4. The summed E-state index contributed by atoms with van der Waals surface area (Å²) in [6, 6.07) is 0. The van der Waals surface area contributed by atoms with Gasteiger partial charge in [-0.25, -0.2) is 0 Å². The van der Waals surface area contributed by atoms with Crippen molar-refractivity contribution in [2.45, 2.75) is 257 Å². The molecule has 8 rings (SSSR count). The molecule has 0 amide bonds. The average Bonchev–Trinajstić information content (AvgIpc) is 1.14. The molecule has 8 saturated heterocycles. The Morgan fingerprint density at radius 1 is 0.235 bits per heavy atom. The van der Waals surface area contributed by atoms with Gasteiger partial charge in [-0.2, -0.15) is 0 Å². The molecule has 0 aromatic rings. The van der Waals surface area contributed by atoms with Crippen LogP contribution < -0.4 is 0 Å². The van der Waals surface area contributed by atoms with E-state index < -0.39 is 94.4 Å². The molecule has 0 aromatic heterocycles. The van der Waals surface area contributed by atoms with Crippen LogP contribution in [0, 0.1) is 0 Å². The van der Waals surface area contributed by atoms with E-state index in [1.54, 1.807) is 0 Å². The molecule has 42 nitrogen and oxygen atoms in total. The third-order valence-electron chi connectivity index (χ3n) is 20.9. The van der Waals surface area contributed by atoms with Crippen molar-refractivity contribution in [3.05, 3.63) is 0 Å². The van der Waals surface area contributed by atoms with Crippen LogP contribution >= 0.6 is 0 Å². The molecule has 0 aromatic carbocycles. The molecule has 0 aliphatic carbocycles. The highest BCUT2D eigenvalue weighted by Gasteiger charge is 2.49. The average molecular weight is 2060 g/mol. The van der Waals surface area contributed by atoms with E-state index in [1.807, 2.05) is 89.6 Å². The van der Waals surface area contributed by atoms with Crippen LogP contribution in [0.1, 0.15) is 150 Å². The molecule has 8 heterocycles. The third-order valence-corrected chi connectivity index (χ3v) is 45.4. The molecule has 792 valence electrons. The Bertz CT molecular complexity index is 2610. The van der Waals surface area contributed by atoms with Crippen molar-refractivity contribution in [1.82, 2.24) is 0 Å². The fourth-order valence-corrected chi connectivity index (χ4v) is 26.4. The first-order valence-corrected chi connectivity index (χ1v) is 63.0. The molecule has 50 heteroatoms. The lowest BCUT2D eigenvalue weighted by molar-refractivity contribution is -0.0597. The predicted molar refractivity (Wildman–Crippen MR) is 502 cm³/mol. The summed E-state index contributed by atoms with van der Waals surface area (Å²) in [4.78, 5) is 40.7. The molecule has 0 bridgehead atoms. The van der Waals surface area contributed by atoms with Gasteiger partial charge in [0.2, 0.25) is 0 Å². The van der Waals surface area contributed by atoms with Crippen molar-refractivity contribution < 1.29 is 197 Å². The highest BCUT2D eigenvalue weighted by Crippen LogP contribution is 2.32. The zero-order valence-electron chi connectivity index (χ0n) is 83.4. The molecule has 12 N–H and O–H groups in total. The minimum atomic E-state index is -3.13. The summed E-state index contributed by atoms with van der Waals surface area (Å²) in [5, 5.41) is 72.8. The van der Waals surface area contributed by atoms with Gasteiger partial charge in [-0.15, -0.1) is 0 Å². The number of aliphatic hydroxyl groups excluding tert-OH is 8. The first kappa shape index (κ1) is 130. The monoisotopic (exact) mass is 2060 g/mol. The van der Waals surface area contributed by atoms with Gasteiger partial charge in [-0.3, -0.25) is 0 Å². The summed E-state index contributed by atoms with van der Waals surface area (Å²) in [7, 11) is -21.9. The van der Waals surface area contributed by atoms with Gasteiger partial charge in [0.15, 0.2) is 0 Å². The van der Waals surface area contributed by atoms with Crippen molar-refractivity contribution in [2.75, 3.05) is 277 Å². The molecule has 132 heavy (non-hydrogen) atoms. The summed E-state index contributed by atoms with van der Waals surface area (Å²) < 4.78 is 166. The van der Waals surface area contributed by atoms with Crippen LogP contribution in [-0.4, -0.2) is 456 Å². The van der Waals surface area contributed by atoms with Gasteiger partial charge in [0.1, 0.15) is 12.2 Å². The number of aliphatic hydroxyl groups is 8. The topological polar surface area (TPSA) is 520 Å². The van der Waals surface area contributed by atoms with E-state index in [0.717, 1.165) is 0 Å². The lowest BCUT2D eigenvalue weighted by Gasteiger charge is -2.33. The van der Waals surface area contributed by atoms with Crippen molar-refractivity contribution >= 4 is 69.9 Å². The lowest BCUT2D eigenvalue weighted by atomic mass is 10.3. The summed E-state index contributed by atoms with van der Waals surface area (Å²) in [5.41, 5.74) is 0.999. The van der Waals surface area contributed by atoms with Gasteiger partial charge in [-0.05, 0) is 63.7 Å². The van der Waals surface area contributed by atoms with E-state index in [2.05, 4.69) is 48.1 Å². The Labute approximate surface area is 796 Å². The van der Waals surface area contributed by atoms with Gasteiger partial charge in [0.05, 0.1) is 274 Å². The molecule has 16 atom stereocenters. The second-order valence-electron chi connectivity index (χ2n) is 34.5. The largest absolute Gasteiger partial charge is 0.503 e. The van der Waals surface area contributed by atoms with Crippen LogP contribution in [0.4, 0.5) is 0 Å². The molecule has 0 radical (unpaired) electrons. The van der Waals surface area contributed by atoms with E-state index in [-0.39, 0.29) is 117 Å². The van der Waals surface area contributed by atoms with Crippen molar-refractivity contribution in [2.24, 2.45) is 0 Å². The quantitative estimate of drug-likeness (QED) is 0.0607. The minimum Gasteiger partial charge on any atom is -0.394 e. The minimum absolute atomic E-state index is 0.00878. The Balaban J connectivity index is 0.000000756. The van der Waals surface area contributed by atoms with E-state index in [9.17, 15) is 39.6 Å². The van der Waals surface area contributed by atoms with Gasteiger partial charge in [0.25, 0.3) is 0 Å². The van der Waals surface area contributed by atoms with E-state index >= 15 is 0 Å². The van der Waals surface area contributed by atoms with E-state index in [1.165, 1.54) is 0 Å². The van der Waals surface area contributed by atoms with Crippen LogP contribution in [-0.2, 0) is 137 Å². The summed E-state index contributed by atoms with van der Waals surface area (Å²) in [5.74, 6) is 0. The summed E-state index contributed by atoms with van der Waals surface area (Å²) in [6.45, 7) is 54.7. The van der Waals surface area contributed by atoms with Gasteiger partial charge < -0.3 is 197 Å². The smallest absolute Gasteiger partial charge is 0.394 e. The Kier molecular flexibility index (Phi) is 73.8. The van der Waals surface area contributed by atoms with Gasteiger partial charge >= 0.3 is 69.9 Å². The molecular formula is C82H180O42Si8. The maximum atomic E-state index is 10.3. The summed E-state index contributed by atoms with van der Waals surface area (Å²) in [6.07, 6.45) is -0.414. The SMILES string of the molecule is CC(C)[Si]1(C)OCCOCC(O)CO1.CC(C)[Si]1(C)OCCOCC(OCCO)CO1.CC(C)[Si]1(O)OCCOCC(O)CCO1.CC(C)[Si]1(O)OCCOCC(O)CO1.CC(C)[Si]1(O)OCCOCC(OCCO)CCO1.CC(C)[Si]1(O)OCCOCC(OCCO)CO1.CCO[Si]1(C(C)C)OCCOCC(O)CCO1.CCO[Si]1(C(C)C)OCCOCC(OCCO)CCO1. The number of hydrogen-bond donors (Lipinski definition) is 12. The molecule has 16 unspecified atom stereocenters. The maximum Gasteiger partial charge on any atom is 0.503 e. The molecule has 8 aliphatic heterocycles. The van der Waals surface area contributed by atoms with Crippen molar-refractivity contribution in [3.63, 3.8) is 0 Å². The number of rotatable bonds is 24. The van der Waals surface area contributed by atoms with Crippen LogP contribution in [0.15, 0.2) is 0 Å². The van der Waals surface area contributed by atoms with Crippen LogP contribution in [0.5, 0.6) is 0 Å². The summed E-state index contributed by atoms with van der Waals surface area (Å²) >= 11 is 0. The Morgan fingerprint density at radius 3 is 0.773 bits per heavy atom. The number of hydrogen-bond acceptors (Lipinski definition) is 42. The standard InChI is InChI=1S/C13H28O6Si.C11H24O6Si.2C11H24O5Si.C10H22O6Si.C9H20O5Si.C9H20O4Si.C8H18O5Si/c1-4-17-20(12(2)3)18-7-5-13(16-8-6-14)11-15-9-10-19-20;1-10(2)18(13)16-5-3-11(15-6-4-12)9-14-7-8-17-18;1-10(2)17(3)15-7-6-13-8-11(9-16-17)14-5-4-12;1-4-14-17(10(2)3)15-6-5-11(12)9-13-7-8-16-17;1-9(2)17(12)15-6-5-13-7-10(8-16-17)14-4-3-11;1-8(2)15(11)13-4-3-9(10)7-12-5-6-14-15;1-8(2)14(3)12-5-4-11-6-9(10)7-13-14;1-7(2)14(10)12-4-3-11-5-8(9)6-13-14/h12-14H,4-11H2,1-3H3;10-13H,3-9H2,1-2H3;2*10-12H,4-9H2,1-3H3;9-12H,3-8H2,1-2H3;8-11H,3-7H2,1-2H3;8-10H,4-7H2,1-3H3;7-10H,3-6H2,1-2H3. The van der Waals surface area contributed by atoms with Crippen LogP contribution in [0.25, 0.3) is 0 Å². The fourth-order valence-electron chi connectivity index (χ4n) is 11.9. The normalized spacial score (nSPS) is 32.9. The Morgan fingerprint density at radius 2 is 0.462 bits per heavy atom.